The lowest BCUT2D eigenvalue weighted by Crippen LogP contribution is -2.26. The van der Waals surface area contributed by atoms with Crippen LogP contribution < -0.4 is 5.32 Å². The minimum absolute atomic E-state index is 0.247. The first kappa shape index (κ1) is 13.3. The van der Waals surface area contributed by atoms with Gasteiger partial charge in [0.1, 0.15) is 6.61 Å². The van der Waals surface area contributed by atoms with Crippen LogP contribution in [0.5, 0.6) is 0 Å². The Bertz CT molecular complexity index is 357. The summed E-state index contributed by atoms with van der Waals surface area (Å²) in [4.78, 5) is 11.1. The first-order chi connectivity index (χ1) is 8.26. The molecule has 0 aromatic heterocycles. The smallest absolute Gasteiger partial charge is 0.407 e. The molecule has 0 saturated heterocycles. The van der Waals surface area contributed by atoms with Crippen LogP contribution in [0.4, 0.5) is 4.79 Å². The topological polar surface area (TPSA) is 38.3 Å². The lowest BCUT2D eigenvalue weighted by Gasteiger charge is -2.05. The summed E-state index contributed by atoms with van der Waals surface area (Å²) in [5.41, 5.74) is 2.54. The zero-order chi connectivity index (χ0) is 12.5. The molecule has 0 unspecified atom stereocenters. The Hall–Kier alpha value is -1.77. The van der Waals surface area contributed by atoms with Crippen molar-refractivity contribution in [1.29, 1.82) is 0 Å². The predicted octanol–water partition coefficient (Wildman–Crippen LogP) is 2.70. The standard InChI is InChI=1S/C14H19NO2/c1-3-11-17-14(16)15-10-9-13-7-5-12(4-2)6-8-13/h3,5-8H,1,4,9-11H2,2H3,(H,15,16). The normalized spacial score (nSPS) is 9.71. The van der Waals surface area contributed by atoms with Gasteiger partial charge in [0.05, 0.1) is 0 Å². The van der Waals surface area contributed by atoms with E-state index in [-0.39, 0.29) is 6.61 Å². The van der Waals surface area contributed by atoms with Crippen LogP contribution in [0.15, 0.2) is 36.9 Å². The molecule has 0 radical (unpaired) electrons. The SMILES string of the molecule is C=CCOC(=O)NCCc1ccc(CC)cc1. The van der Waals surface area contributed by atoms with Crippen molar-refractivity contribution in [3.8, 4) is 0 Å². The van der Waals surface area contributed by atoms with E-state index in [2.05, 4.69) is 43.1 Å². The second-order valence-electron chi connectivity index (χ2n) is 3.73. The van der Waals surface area contributed by atoms with Crippen molar-refractivity contribution >= 4 is 6.09 Å². The monoisotopic (exact) mass is 233 g/mol. The predicted molar refractivity (Wildman–Crippen MR) is 69.1 cm³/mol. The number of hydrogen-bond donors (Lipinski definition) is 1. The summed E-state index contributed by atoms with van der Waals surface area (Å²) in [5, 5.41) is 2.69. The van der Waals surface area contributed by atoms with Crippen molar-refractivity contribution in [3.63, 3.8) is 0 Å². The van der Waals surface area contributed by atoms with E-state index in [1.54, 1.807) is 6.08 Å². The number of amides is 1. The second-order valence-corrected chi connectivity index (χ2v) is 3.73. The maximum absolute atomic E-state index is 11.1. The minimum Gasteiger partial charge on any atom is -0.445 e. The van der Waals surface area contributed by atoms with Crippen LogP contribution in [0.3, 0.4) is 0 Å². The molecule has 0 saturated carbocycles. The van der Waals surface area contributed by atoms with Gasteiger partial charge in [0.25, 0.3) is 0 Å². The van der Waals surface area contributed by atoms with Gasteiger partial charge in [0.2, 0.25) is 0 Å². The molecule has 3 heteroatoms. The van der Waals surface area contributed by atoms with Crippen molar-refractivity contribution in [3.05, 3.63) is 48.0 Å². The van der Waals surface area contributed by atoms with Gasteiger partial charge < -0.3 is 10.1 Å². The van der Waals surface area contributed by atoms with Crippen molar-refractivity contribution < 1.29 is 9.53 Å². The fourth-order valence-electron chi connectivity index (χ4n) is 1.44. The highest BCUT2D eigenvalue weighted by Crippen LogP contribution is 2.05. The summed E-state index contributed by atoms with van der Waals surface area (Å²) >= 11 is 0. The first-order valence-corrected chi connectivity index (χ1v) is 5.85. The highest BCUT2D eigenvalue weighted by molar-refractivity contribution is 5.67. The minimum atomic E-state index is -0.393. The average molecular weight is 233 g/mol. The van der Waals surface area contributed by atoms with Crippen LogP contribution >= 0.6 is 0 Å². The molecule has 3 nitrogen and oxygen atoms in total. The Morgan fingerprint density at radius 3 is 2.59 bits per heavy atom. The molecule has 0 aliphatic rings. The van der Waals surface area contributed by atoms with Crippen LogP contribution in [0.25, 0.3) is 0 Å². The summed E-state index contributed by atoms with van der Waals surface area (Å²) < 4.78 is 4.80. The third-order valence-corrected chi connectivity index (χ3v) is 2.45. The van der Waals surface area contributed by atoms with Crippen molar-refractivity contribution in [2.75, 3.05) is 13.2 Å². The molecule has 1 aromatic rings. The molecule has 0 heterocycles. The van der Waals surface area contributed by atoms with Crippen molar-refractivity contribution in [1.82, 2.24) is 5.32 Å². The first-order valence-electron chi connectivity index (χ1n) is 5.85. The zero-order valence-corrected chi connectivity index (χ0v) is 10.2. The molecular formula is C14H19NO2. The van der Waals surface area contributed by atoms with Crippen LogP contribution in [0.1, 0.15) is 18.1 Å². The molecule has 0 aliphatic heterocycles. The van der Waals surface area contributed by atoms with Gasteiger partial charge in [0.15, 0.2) is 0 Å². The Balaban J connectivity index is 2.25. The summed E-state index contributed by atoms with van der Waals surface area (Å²) in [7, 11) is 0. The number of nitrogens with one attached hydrogen (secondary N) is 1. The fourth-order valence-corrected chi connectivity index (χ4v) is 1.44. The summed E-state index contributed by atoms with van der Waals surface area (Å²) in [6.45, 7) is 6.43. The van der Waals surface area contributed by atoms with E-state index in [9.17, 15) is 4.79 Å². The van der Waals surface area contributed by atoms with Crippen LogP contribution in [-0.4, -0.2) is 19.2 Å². The zero-order valence-electron chi connectivity index (χ0n) is 10.2. The lowest BCUT2D eigenvalue weighted by atomic mass is 10.1. The molecule has 0 spiro atoms. The van der Waals surface area contributed by atoms with E-state index < -0.39 is 6.09 Å². The maximum Gasteiger partial charge on any atom is 0.407 e. The number of carbonyl (C=O) groups excluding carboxylic acids is 1. The maximum atomic E-state index is 11.1. The second kappa shape index (κ2) is 7.49. The highest BCUT2D eigenvalue weighted by Gasteiger charge is 1.99. The largest absolute Gasteiger partial charge is 0.445 e. The Morgan fingerprint density at radius 1 is 1.35 bits per heavy atom. The molecule has 92 valence electrons. The molecular weight excluding hydrogens is 214 g/mol. The van der Waals surface area contributed by atoms with Gasteiger partial charge in [-0.1, -0.05) is 43.8 Å². The van der Waals surface area contributed by atoms with Gasteiger partial charge in [-0.3, -0.25) is 0 Å². The van der Waals surface area contributed by atoms with E-state index >= 15 is 0 Å². The lowest BCUT2D eigenvalue weighted by molar-refractivity contribution is 0.158. The highest BCUT2D eigenvalue weighted by atomic mass is 16.5. The number of hydrogen-bond acceptors (Lipinski definition) is 2. The molecule has 1 aromatic carbocycles. The Morgan fingerprint density at radius 2 is 2.00 bits per heavy atom. The number of alkyl carbamates (subject to hydrolysis) is 1. The van der Waals surface area contributed by atoms with Crippen LogP contribution in [0.2, 0.25) is 0 Å². The molecule has 1 rings (SSSR count). The summed E-state index contributed by atoms with van der Waals surface area (Å²) in [6.07, 6.45) is 3.01. The Kier molecular flexibility index (Phi) is 5.86. The third-order valence-electron chi connectivity index (χ3n) is 2.45. The fraction of sp³-hybridized carbons (Fsp3) is 0.357. The van der Waals surface area contributed by atoms with Gasteiger partial charge >= 0.3 is 6.09 Å². The number of ether oxygens (including phenoxy) is 1. The van der Waals surface area contributed by atoms with Crippen molar-refractivity contribution in [2.45, 2.75) is 19.8 Å². The van der Waals surface area contributed by atoms with Crippen molar-refractivity contribution in [2.24, 2.45) is 0 Å². The van der Waals surface area contributed by atoms with Gasteiger partial charge in [-0.2, -0.15) is 0 Å². The molecule has 0 bridgehead atoms. The van der Waals surface area contributed by atoms with Gasteiger partial charge in [-0.05, 0) is 24.0 Å². The number of aryl methyl sites for hydroxylation is 1. The molecule has 0 aliphatic carbocycles. The molecule has 0 fully saturated rings. The molecule has 1 amide bonds. The molecule has 17 heavy (non-hydrogen) atoms. The number of carbonyl (C=O) groups is 1. The molecule has 1 N–H and O–H groups in total. The third kappa shape index (κ3) is 5.20. The van der Waals surface area contributed by atoms with Gasteiger partial charge in [-0.25, -0.2) is 4.79 Å². The number of rotatable bonds is 6. The van der Waals surface area contributed by atoms with E-state index in [0.29, 0.717) is 6.54 Å². The van der Waals surface area contributed by atoms with E-state index in [4.69, 9.17) is 4.74 Å². The van der Waals surface area contributed by atoms with Crippen LogP contribution in [0, 0.1) is 0 Å². The Labute approximate surface area is 102 Å². The van der Waals surface area contributed by atoms with Crippen LogP contribution in [-0.2, 0) is 17.6 Å². The quantitative estimate of drug-likeness (QED) is 0.767. The summed E-state index contributed by atoms with van der Waals surface area (Å²) in [5.74, 6) is 0. The van der Waals surface area contributed by atoms with E-state index in [1.165, 1.54) is 11.1 Å². The van der Waals surface area contributed by atoms with Gasteiger partial charge in [-0.15, -0.1) is 0 Å². The van der Waals surface area contributed by atoms with E-state index in [1.807, 2.05) is 0 Å². The molecule has 0 atom stereocenters. The summed E-state index contributed by atoms with van der Waals surface area (Å²) in [6, 6.07) is 8.42. The average Bonchev–Trinajstić information content (AvgIpc) is 2.37. The van der Waals surface area contributed by atoms with Gasteiger partial charge in [0, 0.05) is 6.54 Å². The van der Waals surface area contributed by atoms with E-state index in [0.717, 1.165) is 12.8 Å². The number of benzene rings is 1.